The molecule has 2 heterocycles. The van der Waals surface area contributed by atoms with Gasteiger partial charge in [-0.2, -0.15) is 18.3 Å². The third-order valence-corrected chi connectivity index (χ3v) is 6.95. The molecule has 1 atom stereocenters. The van der Waals surface area contributed by atoms with Crippen LogP contribution in [0.5, 0.6) is 0 Å². The predicted molar refractivity (Wildman–Crippen MR) is 126 cm³/mol. The molecule has 13 heteroatoms. The molecular weight excluding hydrogens is 569 g/mol. The molecule has 0 saturated carbocycles. The number of aromatic nitrogens is 4. The summed E-state index contributed by atoms with van der Waals surface area (Å²) >= 11 is 4.62. The van der Waals surface area contributed by atoms with Crippen LogP contribution in [0.3, 0.4) is 0 Å². The first-order chi connectivity index (χ1) is 17.0. The molecule has 1 N–H and O–H groups in total. The van der Waals surface area contributed by atoms with E-state index in [9.17, 15) is 26.7 Å². The van der Waals surface area contributed by atoms with Crippen LogP contribution in [0, 0.1) is 11.6 Å². The van der Waals surface area contributed by atoms with E-state index in [2.05, 4.69) is 36.3 Å². The van der Waals surface area contributed by atoms with Crippen LogP contribution in [-0.4, -0.2) is 31.9 Å². The molecular formula is C23H21BrF5N5OS. The quantitative estimate of drug-likeness (QED) is 0.226. The second kappa shape index (κ2) is 10.8. The number of alkyl halides is 3. The molecule has 3 aromatic rings. The van der Waals surface area contributed by atoms with E-state index in [0.717, 1.165) is 22.9 Å². The van der Waals surface area contributed by atoms with Gasteiger partial charge in [0.1, 0.15) is 18.2 Å². The van der Waals surface area contributed by atoms with Crippen molar-refractivity contribution in [1.82, 2.24) is 25.1 Å². The minimum Gasteiger partial charge on any atom is -0.346 e. The molecule has 0 saturated heterocycles. The highest BCUT2D eigenvalue weighted by molar-refractivity contribution is 9.10. The van der Waals surface area contributed by atoms with Crippen LogP contribution < -0.4 is 5.32 Å². The Morgan fingerprint density at radius 1 is 1.19 bits per heavy atom. The topological polar surface area (TPSA) is 72.7 Å². The number of nitrogens with zero attached hydrogens (tertiary/aromatic N) is 4. The number of fused-ring (bicyclic) bond motifs is 1. The minimum absolute atomic E-state index is 0.0190. The number of benzene rings is 1. The van der Waals surface area contributed by atoms with E-state index in [1.165, 1.54) is 18.0 Å². The Morgan fingerprint density at radius 3 is 2.56 bits per heavy atom. The number of hydrogen-bond acceptors (Lipinski definition) is 5. The monoisotopic (exact) mass is 589 g/mol. The maximum atomic E-state index is 13.8. The molecule has 192 valence electrons. The van der Waals surface area contributed by atoms with Crippen molar-refractivity contribution in [3.63, 3.8) is 0 Å². The van der Waals surface area contributed by atoms with Crippen molar-refractivity contribution in [3.05, 3.63) is 68.7 Å². The average Bonchev–Trinajstić information content (AvgIpc) is 3.17. The van der Waals surface area contributed by atoms with Gasteiger partial charge in [0.15, 0.2) is 10.9 Å². The lowest BCUT2D eigenvalue weighted by atomic mass is 9.95. The molecule has 1 aliphatic rings. The second-order valence-electron chi connectivity index (χ2n) is 8.33. The summed E-state index contributed by atoms with van der Waals surface area (Å²) in [5.41, 5.74) is 0.215. The number of carbonyl (C=O) groups excluding carboxylic acids is 1. The Hall–Kier alpha value is -2.54. The van der Waals surface area contributed by atoms with Crippen LogP contribution in [-0.2, 0) is 36.8 Å². The fraction of sp³-hybridized carbons (Fsp3) is 0.391. The highest BCUT2D eigenvalue weighted by atomic mass is 79.9. The number of hydrogen-bond donors (Lipinski definition) is 1. The van der Waals surface area contributed by atoms with Crippen LogP contribution in [0.1, 0.15) is 47.1 Å². The molecule has 0 aliphatic heterocycles. The fourth-order valence-corrected chi connectivity index (χ4v) is 5.11. The Kier molecular flexibility index (Phi) is 7.98. The van der Waals surface area contributed by atoms with Crippen molar-refractivity contribution in [2.75, 3.05) is 6.26 Å². The smallest absolute Gasteiger partial charge is 0.346 e. The Balaban J connectivity index is 1.64. The maximum Gasteiger partial charge on any atom is 0.435 e. The van der Waals surface area contributed by atoms with Crippen molar-refractivity contribution >= 4 is 33.6 Å². The average molecular weight is 590 g/mol. The molecule has 2 aromatic heterocycles. The predicted octanol–water partition coefficient (Wildman–Crippen LogP) is 5.43. The Bertz CT molecular complexity index is 1260. The van der Waals surface area contributed by atoms with E-state index >= 15 is 0 Å². The van der Waals surface area contributed by atoms with Gasteiger partial charge in [-0.25, -0.2) is 18.7 Å². The first-order valence-electron chi connectivity index (χ1n) is 11.0. The van der Waals surface area contributed by atoms with Gasteiger partial charge in [0, 0.05) is 23.5 Å². The summed E-state index contributed by atoms with van der Waals surface area (Å²) < 4.78 is 69.8. The number of halogens is 6. The second-order valence-corrected chi connectivity index (χ2v) is 9.96. The van der Waals surface area contributed by atoms with Gasteiger partial charge in [-0.05, 0) is 72.0 Å². The van der Waals surface area contributed by atoms with Gasteiger partial charge in [-0.1, -0.05) is 11.8 Å². The van der Waals surface area contributed by atoms with E-state index in [4.69, 9.17) is 0 Å². The lowest BCUT2D eigenvalue weighted by Gasteiger charge is -2.21. The summed E-state index contributed by atoms with van der Waals surface area (Å²) in [4.78, 5) is 21.6. The molecule has 6 nitrogen and oxygen atoms in total. The Labute approximate surface area is 216 Å². The molecule has 36 heavy (non-hydrogen) atoms. The van der Waals surface area contributed by atoms with Gasteiger partial charge in [0.05, 0.1) is 16.2 Å². The van der Waals surface area contributed by atoms with Crippen molar-refractivity contribution < 1.29 is 26.7 Å². The number of rotatable bonds is 7. The summed E-state index contributed by atoms with van der Waals surface area (Å²) in [6, 6.07) is 2.18. The molecule has 0 radical (unpaired) electrons. The lowest BCUT2D eigenvalue weighted by Crippen LogP contribution is -2.34. The van der Waals surface area contributed by atoms with Crippen molar-refractivity contribution in [2.45, 2.75) is 56.0 Å². The van der Waals surface area contributed by atoms with Gasteiger partial charge < -0.3 is 5.32 Å². The van der Waals surface area contributed by atoms with E-state index in [1.54, 1.807) is 6.26 Å². The summed E-state index contributed by atoms with van der Waals surface area (Å²) in [6.45, 7) is -0.440. The third-order valence-electron chi connectivity index (χ3n) is 5.78. The molecule has 1 aliphatic carbocycles. The number of carbonyl (C=O) groups is 1. The first-order valence-corrected chi connectivity index (χ1v) is 13.0. The Morgan fingerprint density at radius 2 is 1.89 bits per heavy atom. The molecule has 0 fully saturated rings. The van der Waals surface area contributed by atoms with Crippen LogP contribution >= 0.6 is 27.7 Å². The van der Waals surface area contributed by atoms with E-state index in [-0.39, 0.29) is 24.0 Å². The number of thioether (sulfide) groups is 1. The SMILES string of the molecule is CSc1ncc(Br)c(C(Cc2cc(F)cc(F)c2)NC(=O)Cn2nc(C(F)(F)F)c3c2CCCC3)n1. The summed E-state index contributed by atoms with van der Waals surface area (Å²) in [5, 5.41) is 6.90. The molecule has 0 bridgehead atoms. The third kappa shape index (κ3) is 6.05. The van der Waals surface area contributed by atoms with E-state index < -0.39 is 42.0 Å². The van der Waals surface area contributed by atoms with E-state index in [1.807, 2.05) is 0 Å². The minimum atomic E-state index is -4.62. The fourth-order valence-electron chi connectivity index (χ4n) is 4.29. The summed E-state index contributed by atoms with van der Waals surface area (Å²) in [5.74, 6) is -2.16. The van der Waals surface area contributed by atoms with Gasteiger partial charge in [0.2, 0.25) is 5.91 Å². The standard InChI is InChI=1S/C23H21BrF5N5OS/c1-36-22-30-10-16(24)20(32-22)17(8-12-6-13(25)9-14(26)7-12)31-19(35)11-34-18-5-3-2-4-15(18)21(33-34)23(27,28)29/h6-7,9-10,17H,2-5,8,11H2,1H3,(H,31,35). The maximum absolute atomic E-state index is 13.8. The largest absolute Gasteiger partial charge is 0.435 e. The van der Waals surface area contributed by atoms with Gasteiger partial charge in [-0.15, -0.1) is 0 Å². The van der Waals surface area contributed by atoms with E-state index in [0.29, 0.717) is 40.3 Å². The summed E-state index contributed by atoms with van der Waals surface area (Å²) in [6.07, 6.45) is 0.607. The van der Waals surface area contributed by atoms with Crippen LogP contribution in [0.15, 0.2) is 34.0 Å². The van der Waals surface area contributed by atoms with Crippen molar-refractivity contribution in [1.29, 1.82) is 0 Å². The molecule has 1 aromatic carbocycles. The zero-order chi connectivity index (χ0) is 26.0. The van der Waals surface area contributed by atoms with Crippen LogP contribution in [0.4, 0.5) is 22.0 Å². The normalized spacial score (nSPS) is 14.4. The molecule has 0 spiro atoms. The molecule has 4 rings (SSSR count). The van der Waals surface area contributed by atoms with Gasteiger partial charge in [0.25, 0.3) is 0 Å². The zero-order valence-corrected chi connectivity index (χ0v) is 21.4. The first kappa shape index (κ1) is 26.5. The highest BCUT2D eigenvalue weighted by Crippen LogP contribution is 2.36. The van der Waals surface area contributed by atoms with Crippen molar-refractivity contribution in [2.24, 2.45) is 0 Å². The zero-order valence-electron chi connectivity index (χ0n) is 19.0. The number of amides is 1. The van der Waals surface area contributed by atoms with Gasteiger partial charge in [-0.3, -0.25) is 9.48 Å². The van der Waals surface area contributed by atoms with Crippen LogP contribution in [0.25, 0.3) is 0 Å². The summed E-state index contributed by atoms with van der Waals surface area (Å²) in [7, 11) is 0. The van der Waals surface area contributed by atoms with Crippen molar-refractivity contribution in [3.8, 4) is 0 Å². The molecule has 1 amide bonds. The molecule has 1 unspecified atom stereocenters. The number of nitrogens with one attached hydrogen (secondary N) is 1. The van der Waals surface area contributed by atoms with Crippen LogP contribution in [0.2, 0.25) is 0 Å². The highest BCUT2D eigenvalue weighted by Gasteiger charge is 2.39. The lowest BCUT2D eigenvalue weighted by molar-refractivity contribution is -0.142. The van der Waals surface area contributed by atoms with Gasteiger partial charge >= 0.3 is 6.18 Å².